The van der Waals surface area contributed by atoms with Crippen LogP contribution >= 0.6 is 0 Å². The van der Waals surface area contributed by atoms with Crippen LogP contribution in [0.2, 0.25) is 0 Å². The fourth-order valence-electron chi connectivity index (χ4n) is 1.69. The second-order valence-electron chi connectivity index (χ2n) is 5.08. The van der Waals surface area contributed by atoms with Crippen LogP contribution in [0.4, 0.5) is 0 Å². The van der Waals surface area contributed by atoms with E-state index in [0.717, 1.165) is 12.8 Å². The lowest BCUT2D eigenvalue weighted by Gasteiger charge is -2.26. The van der Waals surface area contributed by atoms with E-state index in [1.165, 1.54) is 0 Å². The lowest BCUT2D eigenvalue weighted by molar-refractivity contribution is 0.0993. The summed E-state index contributed by atoms with van der Waals surface area (Å²) in [5.74, 6) is 1.01. The van der Waals surface area contributed by atoms with Crippen molar-refractivity contribution in [2.24, 2.45) is 23.3 Å². The maximum Gasteiger partial charge on any atom is 0.0841 e. The Bertz CT molecular complexity index is 132. The van der Waals surface area contributed by atoms with Crippen LogP contribution in [0, 0.1) is 11.8 Å². The standard InChI is InChI=1S/C11H26N2O/c1-7(2)5-9(12)11(14)10(13)6-8(3)4/h7-11,14H,5-6,12-13H2,1-4H3. The van der Waals surface area contributed by atoms with Crippen molar-refractivity contribution in [3.63, 3.8) is 0 Å². The third-order valence-electron chi connectivity index (χ3n) is 2.36. The molecule has 86 valence electrons. The molecular formula is C11H26N2O. The Kier molecular flexibility index (Phi) is 6.33. The highest BCUT2D eigenvalue weighted by Crippen LogP contribution is 2.12. The monoisotopic (exact) mass is 202 g/mol. The van der Waals surface area contributed by atoms with Gasteiger partial charge in [0.25, 0.3) is 0 Å². The van der Waals surface area contributed by atoms with Gasteiger partial charge < -0.3 is 16.6 Å². The topological polar surface area (TPSA) is 72.3 Å². The van der Waals surface area contributed by atoms with Gasteiger partial charge in [-0.2, -0.15) is 0 Å². The molecule has 0 saturated heterocycles. The highest BCUT2D eigenvalue weighted by atomic mass is 16.3. The van der Waals surface area contributed by atoms with Crippen LogP contribution in [0.3, 0.4) is 0 Å². The third kappa shape index (κ3) is 5.58. The molecule has 2 unspecified atom stereocenters. The zero-order valence-corrected chi connectivity index (χ0v) is 9.90. The lowest BCUT2D eigenvalue weighted by atomic mass is 9.92. The van der Waals surface area contributed by atoms with Gasteiger partial charge in [-0.1, -0.05) is 27.7 Å². The summed E-state index contributed by atoms with van der Waals surface area (Å²) in [6, 6.07) is -0.382. The second kappa shape index (κ2) is 6.38. The zero-order valence-electron chi connectivity index (χ0n) is 9.90. The smallest absolute Gasteiger partial charge is 0.0841 e. The van der Waals surface area contributed by atoms with Crippen molar-refractivity contribution in [1.82, 2.24) is 0 Å². The van der Waals surface area contributed by atoms with Crippen LogP contribution in [0.25, 0.3) is 0 Å². The molecule has 3 nitrogen and oxygen atoms in total. The van der Waals surface area contributed by atoms with E-state index in [1.807, 2.05) is 0 Å². The molecule has 2 atom stereocenters. The van der Waals surface area contributed by atoms with E-state index in [4.69, 9.17) is 11.5 Å². The second-order valence-corrected chi connectivity index (χ2v) is 5.08. The van der Waals surface area contributed by atoms with E-state index in [1.54, 1.807) is 0 Å². The molecule has 0 aromatic carbocycles. The van der Waals surface area contributed by atoms with Gasteiger partial charge in [-0.05, 0) is 24.7 Å². The average molecular weight is 202 g/mol. The van der Waals surface area contributed by atoms with Crippen LogP contribution in [0.1, 0.15) is 40.5 Å². The number of nitrogens with two attached hydrogens (primary N) is 2. The van der Waals surface area contributed by atoms with Crippen molar-refractivity contribution >= 4 is 0 Å². The van der Waals surface area contributed by atoms with Gasteiger partial charge in [-0.25, -0.2) is 0 Å². The number of aliphatic hydroxyl groups is 1. The molecule has 0 heterocycles. The first kappa shape index (κ1) is 13.9. The van der Waals surface area contributed by atoms with Crippen LogP contribution in [-0.2, 0) is 0 Å². The third-order valence-corrected chi connectivity index (χ3v) is 2.36. The maximum atomic E-state index is 9.83. The Morgan fingerprint density at radius 2 is 1.14 bits per heavy atom. The molecule has 0 aliphatic rings. The summed E-state index contributed by atoms with van der Waals surface area (Å²) in [6.07, 6.45) is 1.08. The van der Waals surface area contributed by atoms with E-state index in [2.05, 4.69) is 27.7 Å². The predicted octanol–water partition coefficient (Wildman–Crippen LogP) is 1.09. The number of rotatable bonds is 6. The van der Waals surface area contributed by atoms with Crippen molar-refractivity contribution in [3.05, 3.63) is 0 Å². The van der Waals surface area contributed by atoms with Gasteiger partial charge in [0, 0.05) is 12.1 Å². The molecule has 5 N–H and O–H groups in total. The summed E-state index contributed by atoms with van der Waals surface area (Å²) >= 11 is 0. The predicted molar refractivity (Wildman–Crippen MR) is 60.9 cm³/mol. The molecule has 0 aliphatic carbocycles. The van der Waals surface area contributed by atoms with E-state index >= 15 is 0 Å². The minimum atomic E-state index is -0.570. The summed E-state index contributed by atoms with van der Waals surface area (Å²) < 4.78 is 0. The molecule has 0 aromatic heterocycles. The van der Waals surface area contributed by atoms with Crippen LogP contribution in [0.15, 0.2) is 0 Å². The summed E-state index contributed by atoms with van der Waals surface area (Å²) in [5.41, 5.74) is 11.7. The van der Waals surface area contributed by atoms with E-state index in [-0.39, 0.29) is 12.1 Å². The van der Waals surface area contributed by atoms with Gasteiger partial charge in [0.1, 0.15) is 0 Å². The van der Waals surface area contributed by atoms with Gasteiger partial charge in [0.2, 0.25) is 0 Å². The average Bonchev–Trinajstić information content (AvgIpc) is 2.00. The Hall–Kier alpha value is -0.120. The maximum absolute atomic E-state index is 9.83. The molecule has 0 spiro atoms. The minimum absolute atomic E-state index is 0.191. The molecule has 0 radical (unpaired) electrons. The molecule has 14 heavy (non-hydrogen) atoms. The highest BCUT2D eigenvalue weighted by molar-refractivity contribution is 4.82. The Labute approximate surface area is 87.9 Å². The summed E-state index contributed by atoms with van der Waals surface area (Å²) in [6.45, 7) is 8.39. The van der Waals surface area contributed by atoms with Crippen molar-refractivity contribution in [1.29, 1.82) is 0 Å². The first-order valence-corrected chi connectivity index (χ1v) is 5.53. The highest BCUT2D eigenvalue weighted by Gasteiger charge is 2.23. The molecule has 0 saturated carbocycles. The van der Waals surface area contributed by atoms with E-state index < -0.39 is 6.10 Å². The van der Waals surface area contributed by atoms with E-state index in [0.29, 0.717) is 11.8 Å². The first-order valence-electron chi connectivity index (χ1n) is 5.53. The van der Waals surface area contributed by atoms with E-state index in [9.17, 15) is 5.11 Å². The molecule has 0 aromatic rings. The Balaban J connectivity index is 3.96. The zero-order chi connectivity index (χ0) is 11.3. The van der Waals surface area contributed by atoms with Gasteiger partial charge in [-0.3, -0.25) is 0 Å². The molecule has 0 rings (SSSR count). The SMILES string of the molecule is CC(C)CC(N)C(O)C(N)CC(C)C. The van der Waals surface area contributed by atoms with Gasteiger partial charge >= 0.3 is 0 Å². The fraction of sp³-hybridized carbons (Fsp3) is 1.00. The Morgan fingerprint density at radius 1 is 0.857 bits per heavy atom. The van der Waals surface area contributed by atoms with Crippen molar-refractivity contribution in [2.75, 3.05) is 0 Å². The first-order chi connectivity index (χ1) is 6.34. The van der Waals surface area contributed by atoms with Crippen molar-refractivity contribution < 1.29 is 5.11 Å². The quantitative estimate of drug-likeness (QED) is 0.604. The minimum Gasteiger partial charge on any atom is -0.390 e. The largest absolute Gasteiger partial charge is 0.390 e. The molecule has 0 fully saturated rings. The molecule has 0 aliphatic heterocycles. The normalized spacial score (nSPS) is 18.6. The van der Waals surface area contributed by atoms with Crippen molar-refractivity contribution in [3.8, 4) is 0 Å². The number of hydrogen-bond acceptors (Lipinski definition) is 3. The molecular weight excluding hydrogens is 176 g/mol. The molecule has 3 heteroatoms. The van der Waals surface area contributed by atoms with Gasteiger partial charge in [0.05, 0.1) is 6.10 Å². The summed E-state index contributed by atoms with van der Waals surface area (Å²) in [4.78, 5) is 0. The van der Waals surface area contributed by atoms with Crippen LogP contribution in [-0.4, -0.2) is 23.3 Å². The van der Waals surface area contributed by atoms with Crippen LogP contribution in [0.5, 0.6) is 0 Å². The summed E-state index contributed by atoms with van der Waals surface area (Å²) in [5, 5.41) is 9.83. The number of hydrogen-bond donors (Lipinski definition) is 3. The fourth-order valence-corrected chi connectivity index (χ4v) is 1.69. The lowest BCUT2D eigenvalue weighted by Crippen LogP contribution is -2.48. The number of aliphatic hydroxyl groups excluding tert-OH is 1. The van der Waals surface area contributed by atoms with Gasteiger partial charge in [0.15, 0.2) is 0 Å². The van der Waals surface area contributed by atoms with Crippen LogP contribution < -0.4 is 11.5 Å². The summed E-state index contributed by atoms with van der Waals surface area (Å²) in [7, 11) is 0. The van der Waals surface area contributed by atoms with Crippen molar-refractivity contribution in [2.45, 2.75) is 58.7 Å². The Morgan fingerprint density at radius 3 is 1.36 bits per heavy atom. The molecule has 0 amide bonds. The van der Waals surface area contributed by atoms with Gasteiger partial charge in [-0.15, -0.1) is 0 Å². The molecule has 0 bridgehead atoms.